The fourth-order valence-corrected chi connectivity index (χ4v) is 2.68. The lowest BCUT2D eigenvalue weighted by Gasteiger charge is -1.95. The highest BCUT2D eigenvalue weighted by atomic mass is 32.2. The first-order chi connectivity index (χ1) is 7.13. The van der Waals surface area contributed by atoms with Crippen molar-refractivity contribution in [3.05, 3.63) is 21.9 Å². The van der Waals surface area contributed by atoms with E-state index >= 15 is 0 Å². The van der Waals surface area contributed by atoms with Gasteiger partial charge < -0.3 is 4.74 Å². The highest BCUT2D eigenvalue weighted by Crippen LogP contribution is 2.19. The van der Waals surface area contributed by atoms with E-state index in [1.807, 2.05) is 6.07 Å². The normalized spacial score (nSPS) is 10.0. The first kappa shape index (κ1) is 12.3. The van der Waals surface area contributed by atoms with Gasteiger partial charge in [-0.15, -0.1) is 11.3 Å². The summed E-state index contributed by atoms with van der Waals surface area (Å²) in [5.41, 5.74) is 0. The van der Waals surface area contributed by atoms with Crippen LogP contribution in [0.1, 0.15) is 21.5 Å². The number of hydrogen-bond donors (Lipinski definition) is 0. The number of esters is 1. The van der Waals surface area contributed by atoms with E-state index in [1.165, 1.54) is 30.2 Å². The maximum atomic E-state index is 11.1. The molecule has 82 valence electrons. The molecule has 1 rings (SSSR count). The van der Waals surface area contributed by atoms with E-state index in [1.54, 1.807) is 13.0 Å². The van der Waals surface area contributed by atoms with Crippen molar-refractivity contribution in [3.8, 4) is 0 Å². The maximum absolute atomic E-state index is 11.1. The van der Waals surface area contributed by atoms with E-state index in [4.69, 9.17) is 0 Å². The topological polar surface area (TPSA) is 43.4 Å². The molecule has 0 bridgehead atoms. The molecule has 0 aliphatic carbocycles. The standard InChI is InChI=1S/C10H12O3S2/c1-7(11)14-6-5-8-3-4-9(15-8)10(12)13-2/h3-4H,5-6H2,1-2H3. The predicted octanol–water partition coefficient (Wildman–Crippen LogP) is 2.36. The van der Waals surface area contributed by atoms with Crippen molar-refractivity contribution in [1.82, 2.24) is 0 Å². The number of hydrogen-bond acceptors (Lipinski definition) is 5. The Bertz CT molecular complexity index is 357. The number of carbonyl (C=O) groups is 2. The van der Waals surface area contributed by atoms with E-state index < -0.39 is 0 Å². The van der Waals surface area contributed by atoms with Crippen LogP contribution in [0, 0.1) is 0 Å². The molecule has 0 unspecified atom stereocenters. The Kier molecular flexibility index (Phi) is 4.84. The molecule has 0 saturated heterocycles. The van der Waals surface area contributed by atoms with Crippen molar-refractivity contribution in [3.63, 3.8) is 0 Å². The SMILES string of the molecule is COC(=O)c1ccc(CCSC(C)=O)s1. The first-order valence-electron chi connectivity index (χ1n) is 4.44. The largest absolute Gasteiger partial charge is 0.465 e. The smallest absolute Gasteiger partial charge is 0.348 e. The molecule has 3 nitrogen and oxygen atoms in total. The molecule has 0 saturated carbocycles. The second-order valence-electron chi connectivity index (χ2n) is 2.85. The summed E-state index contributed by atoms with van der Waals surface area (Å²) in [7, 11) is 1.37. The van der Waals surface area contributed by atoms with Crippen LogP contribution in [0.4, 0.5) is 0 Å². The first-order valence-corrected chi connectivity index (χ1v) is 6.24. The molecule has 0 aliphatic heterocycles. The van der Waals surface area contributed by atoms with Gasteiger partial charge in [0.2, 0.25) is 0 Å². The number of carbonyl (C=O) groups excluding carboxylic acids is 2. The van der Waals surface area contributed by atoms with Crippen molar-refractivity contribution < 1.29 is 14.3 Å². The number of rotatable bonds is 4. The summed E-state index contributed by atoms with van der Waals surface area (Å²) in [5.74, 6) is 0.460. The van der Waals surface area contributed by atoms with Crippen LogP contribution in [0.5, 0.6) is 0 Å². The predicted molar refractivity (Wildman–Crippen MR) is 62.5 cm³/mol. The number of aryl methyl sites for hydroxylation is 1. The Morgan fingerprint density at radius 1 is 1.47 bits per heavy atom. The highest BCUT2D eigenvalue weighted by Gasteiger charge is 2.08. The zero-order valence-electron chi connectivity index (χ0n) is 8.61. The Morgan fingerprint density at radius 2 is 2.20 bits per heavy atom. The summed E-state index contributed by atoms with van der Waals surface area (Å²) < 4.78 is 4.60. The maximum Gasteiger partial charge on any atom is 0.348 e. The van der Waals surface area contributed by atoms with Crippen molar-refractivity contribution in [1.29, 1.82) is 0 Å². The van der Waals surface area contributed by atoms with Gasteiger partial charge in [0.15, 0.2) is 5.12 Å². The molecule has 0 aliphatic rings. The summed E-state index contributed by atoms with van der Waals surface area (Å²) in [6, 6.07) is 3.65. The van der Waals surface area contributed by atoms with Crippen LogP contribution in [0.15, 0.2) is 12.1 Å². The minimum atomic E-state index is -0.300. The van der Waals surface area contributed by atoms with Gasteiger partial charge in [0.25, 0.3) is 0 Å². The number of thioether (sulfide) groups is 1. The minimum Gasteiger partial charge on any atom is -0.465 e. The summed E-state index contributed by atoms with van der Waals surface area (Å²) >= 11 is 2.72. The highest BCUT2D eigenvalue weighted by molar-refractivity contribution is 8.13. The lowest BCUT2D eigenvalue weighted by atomic mass is 10.4. The molecule has 0 fully saturated rings. The molecular weight excluding hydrogens is 232 g/mol. The molecule has 1 heterocycles. The number of ether oxygens (including phenoxy) is 1. The van der Waals surface area contributed by atoms with E-state index in [9.17, 15) is 9.59 Å². The third-order valence-electron chi connectivity index (χ3n) is 1.70. The van der Waals surface area contributed by atoms with Crippen molar-refractivity contribution >= 4 is 34.2 Å². The Labute approximate surface area is 96.8 Å². The van der Waals surface area contributed by atoms with E-state index in [0.29, 0.717) is 4.88 Å². The molecule has 0 radical (unpaired) electrons. The summed E-state index contributed by atoms with van der Waals surface area (Å²) in [4.78, 5) is 23.5. The lowest BCUT2D eigenvalue weighted by molar-refractivity contribution is -0.109. The molecular formula is C10H12O3S2. The molecule has 15 heavy (non-hydrogen) atoms. The second-order valence-corrected chi connectivity index (χ2v) is 5.29. The van der Waals surface area contributed by atoms with Crippen LogP contribution in [0.3, 0.4) is 0 Å². The van der Waals surface area contributed by atoms with Gasteiger partial charge in [-0.25, -0.2) is 4.79 Å². The van der Waals surface area contributed by atoms with Crippen LogP contribution in [0.2, 0.25) is 0 Å². The van der Waals surface area contributed by atoms with Crippen molar-refractivity contribution in [2.24, 2.45) is 0 Å². The van der Waals surface area contributed by atoms with E-state index in [-0.39, 0.29) is 11.1 Å². The molecule has 0 N–H and O–H groups in total. The van der Waals surface area contributed by atoms with Gasteiger partial charge in [0, 0.05) is 17.6 Å². The van der Waals surface area contributed by atoms with Crippen LogP contribution in [0.25, 0.3) is 0 Å². The van der Waals surface area contributed by atoms with E-state index in [0.717, 1.165) is 17.1 Å². The summed E-state index contributed by atoms with van der Waals surface area (Å²) in [6.07, 6.45) is 0.811. The number of thiophene rings is 1. The fourth-order valence-electron chi connectivity index (χ4n) is 1.02. The molecule has 0 amide bonds. The molecule has 0 spiro atoms. The van der Waals surface area contributed by atoms with Crippen LogP contribution in [-0.2, 0) is 16.0 Å². The van der Waals surface area contributed by atoms with Crippen LogP contribution in [-0.4, -0.2) is 23.9 Å². The number of methoxy groups -OCH3 is 1. The van der Waals surface area contributed by atoms with Crippen LogP contribution >= 0.6 is 23.1 Å². The second kappa shape index (κ2) is 5.92. The van der Waals surface area contributed by atoms with Gasteiger partial charge in [-0.1, -0.05) is 11.8 Å². The van der Waals surface area contributed by atoms with Crippen molar-refractivity contribution in [2.45, 2.75) is 13.3 Å². The molecule has 1 aromatic heterocycles. The van der Waals surface area contributed by atoms with Gasteiger partial charge in [-0.2, -0.15) is 0 Å². The zero-order chi connectivity index (χ0) is 11.3. The molecule has 0 aromatic carbocycles. The van der Waals surface area contributed by atoms with E-state index in [2.05, 4.69) is 4.74 Å². The Morgan fingerprint density at radius 3 is 2.80 bits per heavy atom. The Balaban J connectivity index is 2.46. The summed E-state index contributed by atoms with van der Waals surface area (Å²) in [5, 5.41) is 0.125. The average molecular weight is 244 g/mol. The average Bonchev–Trinajstić information content (AvgIpc) is 2.65. The molecule has 5 heteroatoms. The van der Waals surface area contributed by atoms with Crippen molar-refractivity contribution in [2.75, 3.05) is 12.9 Å². The molecule has 0 atom stereocenters. The third-order valence-corrected chi connectivity index (χ3v) is 3.64. The monoisotopic (exact) mass is 244 g/mol. The van der Waals surface area contributed by atoms with Gasteiger partial charge in [0.05, 0.1) is 7.11 Å². The fraction of sp³-hybridized carbons (Fsp3) is 0.400. The Hall–Kier alpha value is -0.810. The zero-order valence-corrected chi connectivity index (χ0v) is 10.2. The third kappa shape index (κ3) is 4.05. The quantitative estimate of drug-likeness (QED) is 0.763. The van der Waals surface area contributed by atoms with Gasteiger partial charge >= 0.3 is 5.97 Å². The minimum absolute atomic E-state index is 0.125. The lowest BCUT2D eigenvalue weighted by Crippen LogP contribution is -1.96. The summed E-state index contributed by atoms with van der Waals surface area (Å²) in [6.45, 7) is 1.55. The van der Waals surface area contributed by atoms with Gasteiger partial charge in [-0.05, 0) is 18.6 Å². The van der Waals surface area contributed by atoms with Gasteiger partial charge in [-0.3, -0.25) is 4.79 Å². The molecule has 1 aromatic rings. The van der Waals surface area contributed by atoms with Gasteiger partial charge in [0.1, 0.15) is 4.88 Å². The van der Waals surface area contributed by atoms with Crippen LogP contribution < -0.4 is 0 Å².